The molecule has 40 heavy (non-hydrogen) atoms. The maximum Gasteiger partial charge on any atom is 0.126 e. The topological polar surface area (TPSA) is 58.9 Å². The third-order valence-corrected chi connectivity index (χ3v) is 8.21. The summed E-state index contributed by atoms with van der Waals surface area (Å²) in [4.78, 5) is 0. The standard InChI is InChI=1S/C36H42O4/c1-21-12-31(19-37)22(2)11-28(21)16-30-15-27(10-25(5)34(30)20-38)14-29-17-33(36(40-8)13-23(29)3)32-18-35(39-7)26(6)9-24(32)4/h9-13,15,17-18,37-38H,14,16,19-20H2,1-8H3. The minimum atomic E-state index is 0.00838. The lowest BCUT2D eigenvalue weighted by molar-refractivity contribution is 0.280. The summed E-state index contributed by atoms with van der Waals surface area (Å²) in [5.41, 5.74) is 15.7. The first-order chi connectivity index (χ1) is 19.1. The fraction of sp³-hybridized carbons (Fsp3) is 0.333. The van der Waals surface area contributed by atoms with Crippen LogP contribution in [0.2, 0.25) is 0 Å². The minimum Gasteiger partial charge on any atom is -0.496 e. The van der Waals surface area contributed by atoms with Crippen molar-refractivity contribution in [2.45, 2.75) is 67.6 Å². The predicted octanol–water partition coefficient (Wildman–Crippen LogP) is 7.39. The molecule has 4 nitrogen and oxygen atoms in total. The van der Waals surface area contributed by atoms with E-state index in [1.54, 1.807) is 14.2 Å². The highest BCUT2D eigenvalue weighted by molar-refractivity contribution is 5.76. The number of aryl methyl sites for hydroxylation is 6. The van der Waals surface area contributed by atoms with Crippen LogP contribution in [-0.2, 0) is 26.1 Å². The van der Waals surface area contributed by atoms with Crippen LogP contribution in [0.25, 0.3) is 11.1 Å². The average molecular weight is 539 g/mol. The molecule has 0 bridgehead atoms. The first-order valence-electron chi connectivity index (χ1n) is 13.8. The van der Waals surface area contributed by atoms with Gasteiger partial charge in [-0.25, -0.2) is 0 Å². The van der Waals surface area contributed by atoms with Crippen LogP contribution < -0.4 is 9.47 Å². The summed E-state index contributed by atoms with van der Waals surface area (Å²) >= 11 is 0. The number of aliphatic hydroxyl groups is 2. The van der Waals surface area contributed by atoms with E-state index < -0.39 is 0 Å². The highest BCUT2D eigenvalue weighted by atomic mass is 16.5. The number of aliphatic hydroxyl groups excluding tert-OH is 2. The lowest BCUT2D eigenvalue weighted by Crippen LogP contribution is -2.04. The zero-order valence-corrected chi connectivity index (χ0v) is 25.2. The van der Waals surface area contributed by atoms with Crippen LogP contribution >= 0.6 is 0 Å². The summed E-state index contributed by atoms with van der Waals surface area (Å²) in [5.74, 6) is 1.71. The van der Waals surface area contributed by atoms with Crippen molar-refractivity contribution >= 4 is 0 Å². The summed E-state index contributed by atoms with van der Waals surface area (Å²) in [6, 6.07) is 17.3. The maximum absolute atomic E-state index is 10.3. The summed E-state index contributed by atoms with van der Waals surface area (Å²) in [5, 5.41) is 19.9. The van der Waals surface area contributed by atoms with Gasteiger partial charge in [0, 0.05) is 5.56 Å². The van der Waals surface area contributed by atoms with E-state index in [1.807, 2.05) is 6.92 Å². The first-order valence-corrected chi connectivity index (χ1v) is 13.8. The van der Waals surface area contributed by atoms with Crippen molar-refractivity contribution in [3.63, 3.8) is 0 Å². The van der Waals surface area contributed by atoms with Crippen LogP contribution in [0.5, 0.6) is 11.5 Å². The van der Waals surface area contributed by atoms with Gasteiger partial charge in [-0.15, -0.1) is 0 Å². The Morgan fingerprint density at radius 1 is 0.475 bits per heavy atom. The normalized spacial score (nSPS) is 11.2. The van der Waals surface area contributed by atoms with Gasteiger partial charge in [0.25, 0.3) is 0 Å². The second-order valence-electron chi connectivity index (χ2n) is 11.0. The molecule has 0 aliphatic rings. The highest BCUT2D eigenvalue weighted by Gasteiger charge is 2.17. The van der Waals surface area contributed by atoms with E-state index in [0.717, 1.165) is 74.4 Å². The zero-order chi connectivity index (χ0) is 29.1. The van der Waals surface area contributed by atoms with E-state index in [9.17, 15) is 10.2 Å². The Morgan fingerprint density at radius 3 is 1.75 bits per heavy atom. The van der Waals surface area contributed by atoms with Gasteiger partial charge in [-0.2, -0.15) is 0 Å². The van der Waals surface area contributed by atoms with Gasteiger partial charge >= 0.3 is 0 Å². The Kier molecular flexibility index (Phi) is 9.02. The van der Waals surface area contributed by atoms with E-state index >= 15 is 0 Å². The Morgan fingerprint density at radius 2 is 1.10 bits per heavy atom. The number of hydrogen-bond donors (Lipinski definition) is 2. The molecule has 2 N–H and O–H groups in total. The number of ether oxygens (including phenoxy) is 2. The molecule has 0 amide bonds. The van der Waals surface area contributed by atoms with Crippen molar-refractivity contribution in [3.05, 3.63) is 115 Å². The van der Waals surface area contributed by atoms with Gasteiger partial charge in [-0.1, -0.05) is 30.3 Å². The van der Waals surface area contributed by atoms with Gasteiger partial charge in [0.15, 0.2) is 0 Å². The smallest absolute Gasteiger partial charge is 0.126 e. The summed E-state index contributed by atoms with van der Waals surface area (Å²) in [6.07, 6.45) is 1.50. The number of rotatable bonds is 9. The molecule has 0 saturated heterocycles. The molecule has 0 heterocycles. The molecular weight excluding hydrogens is 496 g/mol. The van der Waals surface area contributed by atoms with E-state index in [1.165, 1.54) is 27.8 Å². The molecule has 0 saturated carbocycles. The third-order valence-electron chi connectivity index (χ3n) is 8.21. The second-order valence-corrected chi connectivity index (χ2v) is 11.0. The maximum atomic E-state index is 10.3. The molecule has 0 atom stereocenters. The minimum absolute atomic E-state index is 0.00838. The molecule has 4 aromatic rings. The van der Waals surface area contributed by atoms with Gasteiger partial charge in [0.05, 0.1) is 27.4 Å². The van der Waals surface area contributed by atoms with E-state index in [2.05, 4.69) is 83.1 Å². The van der Waals surface area contributed by atoms with Gasteiger partial charge in [0.1, 0.15) is 11.5 Å². The number of methoxy groups -OCH3 is 2. The van der Waals surface area contributed by atoms with Crippen LogP contribution in [0, 0.1) is 41.5 Å². The first kappa shape index (κ1) is 29.4. The third kappa shape index (κ3) is 5.94. The lowest BCUT2D eigenvalue weighted by atomic mass is 9.88. The largest absolute Gasteiger partial charge is 0.496 e. The van der Waals surface area contributed by atoms with E-state index in [-0.39, 0.29) is 13.2 Å². The molecule has 0 aromatic heterocycles. The molecule has 0 unspecified atom stereocenters. The quantitative estimate of drug-likeness (QED) is 0.233. The summed E-state index contributed by atoms with van der Waals surface area (Å²) < 4.78 is 11.5. The lowest BCUT2D eigenvalue weighted by Gasteiger charge is -2.19. The van der Waals surface area contributed by atoms with Crippen molar-refractivity contribution in [2.24, 2.45) is 0 Å². The van der Waals surface area contributed by atoms with Crippen LogP contribution in [-0.4, -0.2) is 24.4 Å². The summed E-state index contributed by atoms with van der Waals surface area (Å²) in [6.45, 7) is 12.6. The monoisotopic (exact) mass is 538 g/mol. The second kappa shape index (κ2) is 12.3. The van der Waals surface area contributed by atoms with Crippen molar-refractivity contribution in [1.82, 2.24) is 0 Å². The van der Waals surface area contributed by atoms with Crippen LogP contribution in [0.4, 0.5) is 0 Å². The van der Waals surface area contributed by atoms with Gasteiger partial charge < -0.3 is 19.7 Å². The van der Waals surface area contributed by atoms with Gasteiger partial charge in [0.2, 0.25) is 0 Å². The van der Waals surface area contributed by atoms with Gasteiger partial charge in [-0.3, -0.25) is 0 Å². The van der Waals surface area contributed by atoms with Crippen molar-refractivity contribution in [3.8, 4) is 22.6 Å². The average Bonchev–Trinajstić information content (AvgIpc) is 2.91. The molecule has 4 rings (SSSR count). The molecular formula is C36H42O4. The van der Waals surface area contributed by atoms with Crippen LogP contribution in [0.15, 0.2) is 48.5 Å². The molecule has 0 aliphatic carbocycles. The Bertz CT molecular complexity index is 1550. The highest BCUT2D eigenvalue weighted by Crippen LogP contribution is 2.38. The Hall–Kier alpha value is -3.60. The van der Waals surface area contributed by atoms with Crippen molar-refractivity contribution < 1.29 is 19.7 Å². The SMILES string of the molecule is COc1cc(-c2cc(Cc3cc(C)c(CO)c(Cc4cc(C)c(CO)cc4C)c3)c(C)cc2OC)c(C)cc1C. The molecule has 4 heteroatoms. The number of benzene rings is 4. The van der Waals surface area contributed by atoms with E-state index in [4.69, 9.17) is 9.47 Å². The number of hydrogen-bond acceptors (Lipinski definition) is 4. The summed E-state index contributed by atoms with van der Waals surface area (Å²) in [7, 11) is 3.43. The zero-order valence-electron chi connectivity index (χ0n) is 25.2. The Balaban J connectivity index is 1.77. The fourth-order valence-corrected chi connectivity index (χ4v) is 5.82. The fourth-order valence-electron chi connectivity index (χ4n) is 5.82. The van der Waals surface area contributed by atoms with Crippen LogP contribution in [0.1, 0.15) is 66.8 Å². The van der Waals surface area contributed by atoms with Crippen molar-refractivity contribution in [2.75, 3.05) is 14.2 Å². The predicted molar refractivity (Wildman–Crippen MR) is 164 cm³/mol. The molecule has 210 valence electrons. The van der Waals surface area contributed by atoms with Crippen molar-refractivity contribution in [1.29, 1.82) is 0 Å². The molecule has 0 fully saturated rings. The van der Waals surface area contributed by atoms with Gasteiger partial charge in [-0.05, 0) is 145 Å². The Labute approximate surface area is 239 Å². The molecule has 4 aromatic carbocycles. The molecule has 0 aliphatic heterocycles. The van der Waals surface area contributed by atoms with Crippen LogP contribution in [0.3, 0.4) is 0 Å². The molecule has 0 spiro atoms. The van der Waals surface area contributed by atoms with E-state index in [0.29, 0.717) is 0 Å². The molecule has 0 radical (unpaired) electrons.